The Labute approximate surface area is 172 Å². The van der Waals surface area contributed by atoms with Crippen molar-refractivity contribution in [2.75, 3.05) is 52.6 Å². The number of ether oxygens (including phenoxy) is 2. The zero-order chi connectivity index (χ0) is 20.3. The predicted octanol–water partition coefficient (Wildman–Crippen LogP) is 0.729. The first kappa shape index (κ1) is 21.5. The maximum Gasteiger partial charge on any atom is 0.314 e. The zero-order valence-electron chi connectivity index (χ0n) is 16.9. The van der Waals surface area contributed by atoms with Gasteiger partial charge in [0.2, 0.25) is 5.91 Å². The van der Waals surface area contributed by atoms with Crippen LogP contribution in [0.1, 0.15) is 18.4 Å². The molecule has 3 amide bonds. The Bertz CT molecular complexity index is 631. The van der Waals surface area contributed by atoms with Crippen molar-refractivity contribution in [3.05, 3.63) is 35.9 Å². The van der Waals surface area contributed by atoms with Crippen molar-refractivity contribution >= 4 is 11.9 Å². The number of hydrogen-bond donors (Lipinski definition) is 3. The summed E-state index contributed by atoms with van der Waals surface area (Å²) in [5.41, 5.74) is 1.05. The van der Waals surface area contributed by atoms with Crippen molar-refractivity contribution in [1.82, 2.24) is 20.9 Å². The van der Waals surface area contributed by atoms with Crippen LogP contribution in [0, 0.1) is 5.92 Å². The van der Waals surface area contributed by atoms with E-state index in [9.17, 15) is 9.59 Å². The van der Waals surface area contributed by atoms with Gasteiger partial charge in [-0.2, -0.15) is 0 Å². The van der Waals surface area contributed by atoms with Crippen LogP contribution in [-0.4, -0.2) is 75.5 Å². The Hall–Kier alpha value is -2.16. The molecule has 0 spiro atoms. The van der Waals surface area contributed by atoms with Gasteiger partial charge in [-0.05, 0) is 12.0 Å². The third-order valence-electron chi connectivity index (χ3n) is 5.47. The molecule has 1 aromatic rings. The second-order valence-electron chi connectivity index (χ2n) is 7.49. The maximum atomic E-state index is 12.2. The topological polar surface area (TPSA) is 91.9 Å². The summed E-state index contributed by atoms with van der Waals surface area (Å²) in [6, 6.07) is 9.76. The van der Waals surface area contributed by atoms with Crippen LogP contribution in [0.3, 0.4) is 0 Å². The van der Waals surface area contributed by atoms with Gasteiger partial charge in [-0.1, -0.05) is 30.3 Å². The lowest BCUT2D eigenvalue weighted by molar-refractivity contribution is -0.121. The third-order valence-corrected chi connectivity index (χ3v) is 5.47. The molecule has 2 aliphatic rings. The molecular formula is C21H32N4O4. The first-order valence-corrected chi connectivity index (χ1v) is 10.4. The highest BCUT2D eigenvalue weighted by atomic mass is 16.5. The summed E-state index contributed by atoms with van der Waals surface area (Å²) in [5, 5.41) is 8.60. The van der Waals surface area contributed by atoms with Crippen LogP contribution >= 0.6 is 0 Å². The Morgan fingerprint density at radius 3 is 2.55 bits per heavy atom. The minimum absolute atomic E-state index is 0.0801. The molecule has 1 aromatic carbocycles. The van der Waals surface area contributed by atoms with Gasteiger partial charge < -0.3 is 25.4 Å². The Balaban J connectivity index is 1.33. The molecule has 2 aliphatic heterocycles. The molecule has 160 valence electrons. The summed E-state index contributed by atoms with van der Waals surface area (Å²) in [7, 11) is 0. The highest BCUT2D eigenvalue weighted by Gasteiger charge is 2.31. The minimum atomic E-state index is -0.238. The molecular weight excluding hydrogens is 372 g/mol. The molecule has 8 heteroatoms. The molecule has 0 saturated carbocycles. The first-order valence-electron chi connectivity index (χ1n) is 10.4. The average molecular weight is 405 g/mol. The molecule has 0 radical (unpaired) electrons. The third kappa shape index (κ3) is 7.30. The number of nitrogens with one attached hydrogen (secondary N) is 3. The van der Waals surface area contributed by atoms with Gasteiger partial charge in [-0.25, -0.2) is 4.79 Å². The number of hydrogen-bond acceptors (Lipinski definition) is 5. The summed E-state index contributed by atoms with van der Waals surface area (Å²) in [6.45, 7) is 6.13. The fourth-order valence-electron chi connectivity index (χ4n) is 3.79. The molecule has 2 heterocycles. The van der Waals surface area contributed by atoms with Crippen LogP contribution in [0.25, 0.3) is 0 Å². The minimum Gasteiger partial charge on any atom is -0.381 e. The van der Waals surface area contributed by atoms with Crippen LogP contribution in [-0.2, 0) is 20.8 Å². The van der Waals surface area contributed by atoms with E-state index < -0.39 is 0 Å². The standard InChI is InChI=1S/C21H32N4O4/c26-20(23-14-17-4-2-1-3-5-17)6-8-22-21(27)24-15-19(18-7-11-29-16-18)25-9-12-28-13-10-25/h1-5,18-19H,6-16H2,(H,23,26)(H2,22,24,27). The molecule has 2 unspecified atom stereocenters. The van der Waals surface area contributed by atoms with Gasteiger partial charge >= 0.3 is 6.03 Å². The quantitative estimate of drug-likeness (QED) is 0.564. The number of nitrogens with zero attached hydrogens (tertiary/aromatic N) is 1. The number of carbonyl (C=O) groups is 2. The summed E-state index contributed by atoms with van der Waals surface area (Å²) in [6.07, 6.45) is 1.27. The van der Waals surface area contributed by atoms with E-state index in [-0.39, 0.29) is 24.4 Å². The second kappa shape index (κ2) is 11.7. The molecule has 2 fully saturated rings. The predicted molar refractivity (Wildman–Crippen MR) is 109 cm³/mol. The van der Waals surface area contributed by atoms with E-state index in [2.05, 4.69) is 20.9 Å². The van der Waals surface area contributed by atoms with Gasteiger partial charge in [0.15, 0.2) is 0 Å². The van der Waals surface area contributed by atoms with Gasteiger partial charge in [0.1, 0.15) is 0 Å². The van der Waals surface area contributed by atoms with E-state index in [1.807, 2.05) is 30.3 Å². The van der Waals surface area contributed by atoms with Crippen molar-refractivity contribution in [1.29, 1.82) is 0 Å². The summed E-state index contributed by atoms with van der Waals surface area (Å²) >= 11 is 0. The van der Waals surface area contributed by atoms with Crippen molar-refractivity contribution < 1.29 is 19.1 Å². The summed E-state index contributed by atoms with van der Waals surface area (Å²) < 4.78 is 11.0. The van der Waals surface area contributed by atoms with Crippen molar-refractivity contribution in [2.45, 2.75) is 25.4 Å². The van der Waals surface area contributed by atoms with Crippen molar-refractivity contribution in [3.8, 4) is 0 Å². The van der Waals surface area contributed by atoms with Crippen LogP contribution in [0.4, 0.5) is 4.79 Å². The van der Waals surface area contributed by atoms with Crippen molar-refractivity contribution in [3.63, 3.8) is 0 Å². The highest BCUT2D eigenvalue weighted by molar-refractivity contribution is 5.78. The van der Waals surface area contributed by atoms with E-state index in [4.69, 9.17) is 9.47 Å². The lowest BCUT2D eigenvalue weighted by Gasteiger charge is -2.37. The number of morpholine rings is 1. The van der Waals surface area contributed by atoms with E-state index in [1.165, 1.54) is 0 Å². The molecule has 0 aliphatic carbocycles. The summed E-state index contributed by atoms with van der Waals surface area (Å²) in [4.78, 5) is 26.5. The number of amides is 3. The van der Waals surface area contributed by atoms with Gasteiger partial charge in [0.25, 0.3) is 0 Å². The monoisotopic (exact) mass is 404 g/mol. The highest BCUT2D eigenvalue weighted by Crippen LogP contribution is 2.21. The first-order chi connectivity index (χ1) is 14.2. The number of carbonyl (C=O) groups excluding carboxylic acids is 2. The fraction of sp³-hybridized carbons (Fsp3) is 0.619. The lowest BCUT2D eigenvalue weighted by atomic mass is 9.97. The van der Waals surface area contributed by atoms with Crippen LogP contribution < -0.4 is 16.0 Å². The lowest BCUT2D eigenvalue weighted by Crippen LogP contribution is -2.53. The largest absolute Gasteiger partial charge is 0.381 e. The van der Waals surface area contributed by atoms with Gasteiger partial charge in [-0.15, -0.1) is 0 Å². The Morgan fingerprint density at radius 2 is 1.83 bits per heavy atom. The zero-order valence-corrected chi connectivity index (χ0v) is 16.9. The molecule has 3 rings (SSSR count). The van der Waals surface area contributed by atoms with Crippen LogP contribution in [0.15, 0.2) is 30.3 Å². The molecule has 0 bridgehead atoms. The molecule has 3 N–H and O–H groups in total. The van der Waals surface area contributed by atoms with Crippen molar-refractivity contribution in [2.24, 2.45) is 5.92 Å². The van der Waals surface area contributed by atoms with E-state index in [0.717, 1.165) is 51.5 Å². The molecule has 8 nitrogen and oxygen atoms in total. The fourth-order valence-corrected chi connectivity index (χ4v) is 3.79. The second-order valence-corrected chi connectivity index (χ2v) is 7.49. The van der Waals surface area contributed by atoms with Gasteiger partial charge in [-0.3, -0.25) is 9.69 Å². The van der Waals surface area contributed by atoms with Crippen LogP contribution in [0.2, 0.25) is 0 Å². The average Bonchev–Trinajstić information content (AvgIpc) is 3.28. The molecule has 2 atom stereocenters. The SMILES string of the molecule is O=C(CCNC(=O)NCC(C1CCOC1)N1CCOCC1)NCc1ccccc1. The maximum absolute atomic E-state index is 12.2. The number of benzene rings is 1. The smallest absolute Gasteiger partial charge is 0.314 e. The normalized spacial score (nSPS) is 20.8. The van der Waals surface area contributed by atoms with E-state index in [1.54, 1.807) is 0 Å². The number of urea groups is 1. The Morgan fingerprint density at radius 1 is 1.03 bits per heavy atom. The number of rotatable bonds is 9. The molecule has 2 saturated heterocycles. The Kier molecular flexibility index (Phi) is 8.73. The van der Waals surface area contributed by atoms with Gasteiger partial charge in [0.05, 0.1) is 19.8 Å². The summed E-state index contributed by atoms with van der Waals surface area (Å²) in [5.74, 6) is 0.348. The molecule has 0 aromatic heterocycles. The van der Waals surface area contributed by atoms with Gasteiger partial charge in [0, 0.05) is 57.7 Å². The van der Waals surface area contributed by atoms with Crippen LogP contribution in [0.5, 0.6) is 0 Å². The van der Waals surface area contributed by atoms with E-state index >= 15 is 0 Å². The van der Waals surface area contributed by atoms with E-state index in [0.29, 0.717) is 25.6 Å². The molecule has 29 heavy (non-hydrogen) atoms.